The minimum absolute atomic E-state index is 0.0217. The van der Waals surface area contributed by atoms with Gasteiger partial charge in [-0.3, -0.25) is 14.6 Å². The number of piperazine rings is 1. The number of pyridine rings is 1. The summed E-state index contributed by atoms with van der Waals surface area (Å²) in [5.74, 6) is -0.189. The van der Waals surface area contributed by atoms with E-state index in [0.717, 1.165) is 17.8 Å². The van der Waals surface area contributed by atoms with Gasteiger partial charge in [-0.2, -0.15) is 0 Å². The van der Waals surface area contributed by atoms with Crippen LogP contribution in [-0.4, -0.2) is 52.8 Å². The van der Waals surface area contributed by atoms with Gasteiger partial charge in [0.15, 0.2) is 0 Å². The van der Waals surface area contributed by atoms with Crippen molar-refractivity contribution in [3.8, 4) is 0 Å². The van der Waals surface area contributed by atoms with E-state index in [1.54, 1.807) is 11.1 Å². The van der Waals surface area contributed by atoms with Gasteiger partial charge in [-0.25, -0.2) is 0 Å². The lowest BCUT2D eigenvalue weighted by atomic mass is 10.0. The highest BCUT2D eigenvalue weighted by atomic mass is 35.5. The van der Waals surface area contributed by atoms with E-state index in [1.807, 2.05) is 47.4 Å². The average Bonchev–Trinajstić information content (AvgIpc) is 3.09. The quantitative estimate of drug-likeness (QED) is 0.857. The van der Waals surface area contributed by atoms with E-state index in [9.17, 15) is 9.59 Å². The Morgan fingerprint density at radius 1 is 1.18 bits per heavy atom. The Kier molecular flexibility index (Phi) is 5.59. The van der Waals surface area contributed by atoms with Gasteiger partial charge in [0.05, 0.1) is 18.2 Å². The summed E-state index contributed by atoms with van der Waals surface area (Å²) in [6, 6.07) is 13.4. The monoisotopic (exact) mass is 398 g/mol. The molecule has 2 unspecified atom stereocenters. The van der Waals surface area contributed by atoms with Crippen LogP contribution in [0, 0.1) is 5.92 Å². The molecule has 3 heterocycles. The average molecular weight is 399 g/mol. The number of carbonyl (C=O) groups is 2. The van der Waals surface area contributed by atoms with Gasteiger partial charge in [0, 0.05) is 49.9 Å². The lowest BCUT2D eigenvalue weighted by molar-refractivity contribution is -0.137. The fourth-order valence-electron chi connectivity index (χ4n) is 3.90. The van der Waals surface area contributed by atoms with Crippen LogP contribution in [0.5, 0.6) is 0 Å². The predicted octanol–water partition coefficient (Wildman–Crippen LogP) is 2.26. The van der Waals surface area contributed by atoms with Crippen molar-refractivity contribution in [3.05, 3.63) is 64.9 Å². The molecule has 2 saturated heterocycles. The lowest BCUT2D eigenvalue weighted by Crippen LogP contribution is -2.50. The molecule has 2 fully saturated rings. The molecule has 0 bridgehead atoms. The number of halogens is 1. The molecule has 0 radical (unpaired) electrons. The number of aromatic nitrogens is 1. The molecule has 0 saturated carbocycles. The summed E-state index contributed by atoms with van der Waals surface area (Å²) < 4.78 is 0. The summed E-state index contributed by atoms with van der Waals surface area (Å²) in [4.78, 5) is 33.4. The zero-order chi connectivity index (χ0) is 19.5. The van der Waals surface area contributed by atoms with Crippen molar-refractivity contribution in [2.24, 2.45) is 5.92 Å². The molecule has 1 N–H and O–H groups in total. The van der Waals surface area contributed by atoms with Crippen molar-refractivity contribution >= 4 is 23.4 Å². The highest BCUT2D eigenvalue weighted by molar-refractivity contribution is 6.30. The van der Waals surface area contributed by atoms with Crippen LogP contribution in [0.15, 0.2) is 48.7 Å². The van der Waals surface area contributed by atoms with Crippen LogP contribution in [0.3, 0.4) is 0 Å². The number of carbonyl (C=O) groups excluding carboxylic acids is 2. The summed E-state index contributed by atoms with van der Waals surface area (Å²) >= 11 is 5.98. The number of benzene rings is 1. The molecule has 2 aliphatic rings. The van der Waals surface area contributed by atoms with Gasteiger partial charge >= 0.3 is 0 Å². The number of likely N-dealkylation sites (tertiary alicyclic amines) is 1. The molecule has 1 aromatic carbocycles. The van der Waals surface area contributed by atoms with Gasteiger partial charge in [-0.1, -0.05) is 29.8 Å². The minimum atomic E-state index is -0.278. The summed E-state index contributed by atoms with van der Waals surface area (Å²) in [6.45, 7) is 2.92. The number of rotatable bonds is 4. The normalized spacial score (nSPS) is 22.5. The second kappa shape index (κ2) is 8.29. The molecule has 28 heavy (non-hydrogen) atoms. The molecule has 2 aromatic rings. The van der Waals surface area contributed by atoms with Gasteiger partial charge in [0.2, 0.25) is 11.8 Å². The van der Waals surface area contributed by atoms with Crippen molar-refractivity contribution in [1.29, 1.82) is 0 Å². The number of hydrogen-bond donors (Lipinski definition) is 1. The zero-order valence-corrected chi connectivity index (χ0v) is 16.3. The molecule has 1 aromatic heterocycles. The van der Waals surface area contributed by atoms with Crippen LogP contribution in [-0.2, 0) is 16.1 Å². The van der Waals surface area contributed by atoms with Gasteiger partial charge in [-0.15, -0.1) is 0 Å². The molecular formula is C21H23ClN4O2. The predicted molar refractivity (Wildman–Crippen MR) is 107 cm³/mol. The Morgan fingerprint density at radius 3 is 2.75 bits per heavy atom. The molecule has 0 aliphatic carbocycles. The fraction of sp³-hybridized carbons (Fsp3) is 0.381. The van der Waals surface area contributed by atoms with E-state index in [1.165, 1.54) is 0 Å². The van der Waals surface area contributed by atoms with Crippen LogP contribution in [0.25, 0.3) is 0 Å². The Morgan fingerprint density at radius 2 is 2.00 bits per heavy atom. The Labute approximate surface area is 169 Å². The SMILES string of the molecule is O=C1CC(C(=O)N2CCNC(c3ccc(Cl)cc3)C2)CN1Cc1ccccn1. The third-order valence-corrected chi connectivity index (χ3v) is 5.65. The maximum absolute atomic E-state index is 13.1. The van der Waals surface area contributed by atoms with Gasteiger partial charge in [0.25, 0.3) is 0 Å². The van der Waals surface area contributed by atoms with Crippen LogP contribution in [0.1, 0.15) is 23.7 Å². The highest BCUT2D eigenvalue weighted by Crippen LogP contribution is 2.25. The van der Waals surface area contributed by atoms with E-state index in [0.29, 0.717) is 31.2 Å². The molecule has 2 aliphatic heterocycles. The third-order valence-electron chi connectivity index (χ3n) is 5.40. The Bertz CT molecular complexity index is 843. The number of amides is 2. The van der Waals surface area contributed by atoms with Crippen molar-refractivity contribution in [2.45, 2.75) is 19.0 Å². The molecule has 2 atom stereocenters. The largest absolute Gasteiger partial charge is 0.339 e. The van der Waals surface area contributed by atoms with Gasteiger partial charge in [0.1, 0.15) is 0 Å². The van der Waals surface area contributed by atoms with E-state index in [2.05, 4.69) is 10.3 Å². The molecular weight excluding hydrogens is 376 g/mol. The van der Waals surface area contributed by atoms with Crippen LogP contribution in [0.4, 0.5) is 0 Å². The highest BCUT2D eigenvalue weighted by Gasteiger charge is 2.37. The Balaban J connectivity index is 1.38. The standard InChI is InChI=1S/C21H23ClN4O2/c22-17-6-4-15(5-7-17)19-14-25(10-9-24-19)21(28)16-11-20(27)26(12-16)13-18-3-1-2-8-23-18/h1-8,16,19,24H,9-14H2. The number of nitrogens with zero attached hydrogens (tertiary/aromatic N) is 3. The molecule has 0 spiro atoms. The van der Waals surface area contributed by atoms with E-state index < -0.39 is 0 Å². The van der Waals surface area contributed by atoms with Crippen molar-refractivity contribution in [2.75, 3.05) is 26.2 Å². The smallest absolute Gasteiger partial charge is 0.228 e. The van der Waals surface area contributed by atoms with E-state index in [-0.39, 0.29) is 30.2 Å². The molecule has 7 heteroatoms. The van der Waals surface area contributed by atoms with Crippen LogP contribution < -0.4 is 5.32 Å². The summed E-state index contributed by atoms with van der Waals surface area (Å²) in [6.07, 6.45) is 2.00. The first-order valence-electron chi connectivity index (χ1n) is 9.55. The summed E-state index contributed by atoms with van der Waals surface area (Å²) in [7, 11) is 0. The third kappa shape index (κ3) is 4.18. The maximum Gasteiger partial charge on any atom is 0.228 e. The van der Waals surface area contributed by atoms with E-state index in [4.69, 9.17) is 11.6 Å². The van der Waals surface area contributed by atoms with Gasteiger partial charge in [-0.05, 0) is 29.8 Å². The lowest BCUT2D eigenvalue weighted by Gasteiger charge is -2.35. The number of hydrogen-bond acceptors (Lipinski definition) is 4. The first-order valence-corrected chi connectivity index (χ1v) is 9.93. The van der Waals surface area contributed by atoms with Crippen molar-refractivity contribution < 1.29 is 9.59 Å². The minimum Gasteiger partial charge on any atom is -0.339 e. The van der Waals surface area contributed by atoms with Crippen molar-refractivity contribution in [3.63, 3.8) is 0 Å². The second-order valence-electron chi connectivity index (χ2n) is 7.34. The first-order chi connectivity index (χ1) is 13.6. The van der Waals surface area contributed by atoms with Gasteiger partial charge < -0.3 is 15.1 Å². The first kappa shape index (κ1) is 18.9. The van der Waals surface area contributed by atoms with Crippen molar-refractivity contribution in [1.82, 2.24) is 20.1 Å². The number of nitrogens with one attached hydrogen (secondary N) is 1. The zero-order valence-electron chi connectivity index (χ0n) is 15.6. The van der Waals surface area contributed by atoms with Crippen LogP contribution >= 0.6 is 11.6 Å². The molecule has 6 nitrogen and oxygen atoms in total. The van der Waals surface area contributed by atoms with E-state index >= 15 is 0 Å². The second-order valence-corrected chi connectivity index (χ2v) is 7.78. The maximum atomic E-state index is 13.1. The van der Waals surface area contributed by atoms with Crippen LogP contribution in [0.2, 0.25) is 5.02 Å². The topological polar surface area (TPSA) is 65.5 Å². The fourth-order valence-corrected chi connectivity index (χ4v) is 4.03. The molecule has 2 amide bonds. The Hall–Kier alpha value is -2.44. The molecule has 4 rings (SSSR count). The summed E-state index contributed by atoms with van der Waals surface area (Å²) in [5, 5.41) is 4.16. The molecule has 146 valence electrons. The summed E-state index contributed by atoms with van der Waals surface area (Å²) in [5.41, 5.74) is 1.95.